The van der Waals surface area contributed by atoms with Crippen molar-refractivity contribution in [2.45, 2.75) is 25.7 Å². The lowest BCUT2D eigenvalue weighted by molar-refractivity contribution is -0.359. The summed E-state index contributed by atoms with van der Waals surface area (Å²) in [6.45, 7) is 3.45. The molecule has 1 saturated heterocycles. The number of hydrogen-bond acceptors (Lipinski definition) is 13. The SMILES string of the molecule is CN(CC(=O)NCCCOCCOCCOCCCNC(=O)CN(C)C(=O)COc1ccc(-c2ccc3n2[B-](F)(F)[N+]2=C(c4cccs4)C=CC2=C3)cc1)C(=O)/C=C/c1ccc2sc(C(=O)NCCCCN3CCN(c4cccc(Cl)c4Cl)CC3)cc2c1. The highest BCUT2D eigenvalue weighted by atomic mass is 35.5. The van der Waals surface area contributed by atoms with Crippen LogP contribution in [0, 0.1) is 0 Å². The van der Waals surface area contributed by atoms with Crippen molar-refractivity contribution in [3.05, 3.63) is 151 Å². The van der Waals surface area contributed by atoms with E-state index in [2.05, 4.69) is 25.8 Å². The van der Waals surface area contributed by atoms with Crippen LogP contribution in [0.5, 0.6) is 5.75 Å². The van der Waals surface area contributed by atoms with Crippen LogP contribution in [0.4, 0.5) is 14.3 Å². The molecule has 6 heterocycles. The zero-order valence-electron chi connectivity index (χ0n) is 49.2. The van der Waals surface area contributed by atoms with Gasteiger partial charge in [-0.25, -0.2) is 0 Å². The molecule has 3 aliphatic heterocycles. The van der Waals surface area contributed by atoms with E-state index in [1.54, 1.807) is 73.8 Å². The van der Waals surface area contributed by atoms with Gasteiger partial charge in [-0.2, -0.15) is 0 Å². The van der Waals surface area contributed by atoms with E-state index in [0.717, 1.165) is 80.7 Å². The fourth-order valence-electron chi connectivity index (χ4n) is 10.3. The fraction of sp³-hybridized carbons (Fsp3) is 0.365. The van der Waals surface area contributed by atoms with Gasteiger partial charge in [0.2, 0.25) is 17.7 Å². The molecule has 18 nitrogen and oxygen atoms in total. The summed E-state index contributed by atoms with van der Waals surface area (Å²) in [5, 5.41) is 12.6. The summed E-state index contributed by atoms with van der Waals surface area (Å²) in [5.74, 6) is -1.07. The number of anilines is 1. The maximum Gasteiger partial charge on any atom is 0.737 e. The lowest BCUT2D eigenvalue weighted by Crippen LogP contribution is -2.50. The number of halogens is 4. The van der Waals surface area contributed by atoms with Crippen LogP contribution in [0.3, 0.4) is 0 Å². The molecule has 0 unspecified atom stereocenters. The number of likely N-dealkylation sites (N-methyl/N-ethyl adjacent to an activating group) is 2. The molecule has 3 aromatic carbocycles. The quantitative estimate of drug-likeness (QED) is 0.0209. The van der Waals surface area contributed by atoms with Crippen molar-refractivity contribution < 1.29 is 56.0 Å². The van der Waals surface area contributed by atoms with Gasteiger partial charge in [0.1, 0.15) is 5.75 Å². The molecular weight excluding hydrogens is 1210 g/mol. The minimum absolute atomic E-state index is 0.101. The first-order valence-electron chi connectivity index (χ1n) is 29.4. The van der Waals surface area contributed by atoms with Crippen LogP contribution < -0.4 is 25.6 Å². The Balaban J connectivity index is 0.545. The van der Waals surface area contributed by atoms with Crippen LogP contribution in [0.2, 0.25) is 10.0 Å². The third-order valence-electron chi connectivity index (χ3n) is 15.0. The van der Waals surface area contributed by atoms with Gasteiger partial charge >= 0.3 is 6.97 Å². The molecular formula is C63H72BCl2F2N9O9S2. The standard InChI is InChI=1S/C63H72BCl2F2N9O9S2/c1-72(60(80)23-13-45-12-22-55-47(39-45)40-57(88-55)63(82)71-24-3-4-27-74-28-30-75(31-29-74)54-10-5-9-51(65)62(54)66)42-58(78)69-25-7-32-83-34-36-85-37-35-84-33-8-26-70-59(79)43-73(2)61(81)44-86-50-18-14-46(15-19-50)52-20-16-48-41-49-17-21-53(56-11-6-38-87-56)77(49)64(67,68)76(48)52/h5-6,9-23,38-41H,3-4,7-8,24-37,42-44H2,1-2H3,(H,69,78)(H,70,79)(H,71,82)/b23-13+. The summed E-state index contributed by atoms with van der Waals surface area (Å²) in [6, 6.07) is 27.0. The van der Waals surface area contributed by atoms with Gasteiger partial charge in [0.15, 0.2) is 18.0 Å². The van der Waals surface area contributed by atoms with Crippen molar-refractivity contribution in [3.8, 4) is 17.0 Å². The number of carbonyl (C=O) groups excluding carboxylic acids is 5. The second kappa shape index (κ2) is 31.8. The lowest BCUT2D eigenvalue weighted by Gasteiger charge is -2.36. The molecule has 0 bridgehead atoms. The van der Waals surface area contributed by atoms with Crippen molar-refractivity contribution in [1.29, 1.82) is 0 Å². The highest BCUT2D eigenvalue weighted by Crippen LogP contribution is 2.38. The molecule has 0 aliphatic carbocycles. The molecule has 3 aliphatic rings. The van der Waals surface area contributed by atoms with Crippen LogP contribution in [0.1, 0.15) is 51.5 Å². The number of allylic oxidation sites excluding steroid dienone is 2. The summed E-state index contributed by atoms with van der Waals surface area (Å²) in [6.07, 6.45) is 11.3. The first kappa shape index (κ1) is 65.2. The molecule has 3 N–H and O–H groups in total. The third-order valence-corrected chi connectivity index (χ3v) is 17.8. The summed E-state index contributed by atoms with van der Waals surface area (Å²) < 4.78 is 58.3. The maximum atomic E-state index is 16.3. The number of benzene rings is 3. The number of fused-ring (bicyclic) bond motifs is 3. The Bertz CT molecular complexity index is 3540. The Morgan fingerprint density at radius 1 is 0.739 bits per heavy atom. The molecule has 9 rings (SSSR count). The van der Waals surface area contributed by atoms with Crippen LogP contribution >= 0.6 is 45.9 Å². The number of nitrogens with one attached hydrogen (secondary N) is 3. The smallest absolute Gasteiger partial charge is 0.484 e. The number of hydrogen-bond donors (Lipinski definition) is 3. The van der Waals surface area contributed by atoms with Crippen molar-refractivity contribution in [2.75, 3.05) is 131 Å². The summed E-state index contributed by atoms with van der Waals surface area (Å²) >= 11 is 15.5. The Kier molecular flexibility index (Phi) is 23.6. The van der Waals surface area contributed by atoms with Gasteiger partial charge in [-0.05, 0) is 133 Å². The number of carbonyl (C=O) groups is 5. The van der Waals surface area contributed by atoms with Crippen molar-refractivity contribution in [2.24, 2.45) is 0 Å². The average molecular weight is 1280 g/mol. The highest BCUT2D eigenvalue weighted by Gasteiger charge is 2.53. The fourth-order valence-corrected chi connectivity index (χ4v) is 12.4. The average Bonchev–Trinajstić information content (AvgIpc) is 1.56. The second-order valence-electron chi connectivity index (χ2n) is 21.3. The summed E-state index contributed by atoms with van der Waals surface area (Å²) in [7, 11) is 3.08. The number of unbranched alkanes of at least 4 members (excludes halogenated alkanes) is 1. The van der Waals surface area contributed by atoms with Crippen molar-refractivity contribution in [3.63, 3.8) is 0 Å². The molecule has 0 spiro atoms. The zero-order valence-corrected chi connectivity index (χ0v) is 52.4. The van der Waals surface area contributed by atoms with E-state index >= 15 is 8.63 Å². The molecule has 1 fully saturated rings. The molecule has 466 valence electrons. The van der Waals surface area contributed by atoms with E-state index in [-0.39, 0.29) is 43.3 Å². The number of amides is 5. The van der Waals surface area contributed by atoms with Gasteiger partial charge in [-0.1, -0.05) is 41.4 Å². The molecule has 88 heavy (non-hydrogen) atoms. The number of piperazine rings is 1. The van der Waals surface area contributed by atoms with E-state index in [4.69, 9.17) is 42.1 Å². The van der Waals surface area contributed by atoms with Crippen LogP contribution in [-0.2, 0) is 33.4 Å². The molecule has 0 atom stereocenters. The summed E-state index contributed by atoms with van der Waals surface area (Å²) in [5.41, 5.74) is 4.01. The Morgan fingerprint density at radius 3 is 2.14 bits per heavy atom. The highest BCUT2D eigenvalue weighted by molar-refractivity contribution is 7.20. The minimum atomic E-state index is -4.20. The first-order valence-corrected chi connectivity index (χ1v) is 31.8. The van der Waals surface area contributed by atoms with Gasteiger partial charge in [-0.15, -0.1) is 22.7 Å². The van der Waals surface area contributed by atoms with E-state index < -0.39 is 12.9 Å². The normalized spacial score (nSPS) is 14.5. The Labute approximate surface area is 529 Å². The summed E-state index contributed by atoms with van der Waals surface area (Å²) in [4.78, 5) is 72.4. The van der Waals surface area contributed by atoms with Crippen LogP contribution in [0.25, 0.3) is 33.5 Å². The Hall–Kier alpha value is -7.22. The predicted molar refractivity (Wildman–Crippen MR) is 345 cm³/mol. The lowest BCUT2D eigenvalue weighted by atomic mass is 9.90. The largest absolute Gasteiger partial charge is 0.737 e. The monoisotopic (exact) mass is 1280 g/mol. The van der Waals surface area contributed by atoms with Crippen molar-refractivity contribution in [1.82, 2.24) is 35.1 Å². The molecule has 25 heteroatoms. The van der Waals surface area contributed by atoms with Gasteiger partial charge in [0.25, 0.3) is 11.8 Å². The second-order valence-corrected chi connectivity index (χ2v) is 24.2. The number of nitrogens with zero attached hydrogens (tertiary/aromatic N) is 6. The van der Waals surface area contributed by atoms with Gasteiger partial charge in [0, 0.05) is 114 Å². The molecule has 6 aromatic rings. The molecule has 5 amide bonds. The van der Waals surface area contributed by atoms with Gasteiger partial charge in [-0.3, -0.25) is 28.9 Å². The zero-order chi connectivity index (χ0) is 62.0. The molecule has 0 saturated carbocycles. The van der Waals surface area contributed by atoms with Crippen LogP contribution in [-0.4, -0.2) is 192 Å². The molecule has 0 radical (unpaired) electrons. The number of thiophene rings is 2. The maximum absolute atomic E-state index is 16.3. The van der Waals surface area contributed by atoms with E-state index in [9.17, 15) is 24.0 Å². The first-order chi connectivity index (χ1) is 42.6. The molecule has 3 aromatic heterocycles. The number of aromatic nitrogens is 1. The van der Waals surface area contributed by atoms with E-state index in [0.29, 0.717) is 121 Å². The van der Waals surface area contributed by atoms with Crippen LogP contribution in [0.15, 0.2) is 120 Å². The third kappa shape index (κ3) is 17.6. The van der Waals surface area contributed by atoms with Gasteiger partial charge in [0.05, 0.1) is 65.0 Å². The number of ether oxygens (including phenoxy) is 4. The van der Waals surface area contributed by atoms with Gasteiger partial charge < -0.3 is 67.2 Å². The Morgan fingerprint density at radius 2 is 1.43 bits per heavy atom. The number of rotatable bonds is 32. The van der Waals surface area contributed by atoms with E-state index in [1.165, 1.54) is 45.6 Å². The van der Waals surface area contributed by atoms with Crippen molar-refractivity contribution >= 4 is 116 Å². The minimum Gasteiger partial charge on any atom is -0.484 e. The van der Waals surface area contributed by atoms with E-state index in [1.807, 2.05) is 53.9 Å². The topological polar surface area (TPSA) is 179 Å². The predicted octanol–water partition coefficient (Wildman–Crippen LogP) is 8.79.